The Labute approximate surface area is 259 Å². The van der Waals surface area contributed by atoms with Crippen molar-refractivity contribution in [1.82, 2.24) is 24.5 Å². The standard InChI is InChI=1S/C38H24ClN5/c39-29-19-20-34-31(22-29)33-24-40-23-32(25-11-4-1-5-12-25)35(33)44(34)30-18-10-17-28(21-30)38-42-36(26-13-6-2-7-14-26)41-37(43-38)27-15-8-3-9-16-27/h1-24H. The molecule has 44 heavy (non-hydrogen) atoms. The van der Waals surface area contributed by atoms with Gasteiger partial charge < -0.3 is 4.57 Å². The van der Waals surface area contributed by atoms with Gasteiger partial charge in [-0.2, -0.15) is 0 Å². The molecule has 0 saturated heterocycles. The van der Waals surface area contributed by atoms with Crippen LogP contribution >= 0.6 is 11.6 Å². The van der Waals surface area contributed by atoms with Gasteiger partial charge >= 0.3 is 0 Å². The minimum atomic E-state index is 0.605. The lowest BCUT2D eigenvalue weighted by Crippen LogP contribution is -2.01. The zero-order valence-corrected chi connectivity index (χ0v) is 24.2. The van der Waals surface area contributed by atoms with E-state index >= 15 is 0 Å². The monoisotopic (exact) mass is 585 g/mol. The second kappa shape index (κ2) is 10.9. The van der Waals surface area contributed by atoms with Crippen molar-refractivity contribution in [3.8, 4) is 51.0 Å². The summed E-state index contributed by atoms with van der Waals surface area (Å²) in [6.07, 6.45) is 3.85. The molecule has 0 bridgehead atoms. The molecule has 208 valence electrons. The quantitative estimate of drug-likeness (QED) is 0.202. The van der Waals surface area contributed by atoms with E-state index in [1.807, 2.05) is 109 Å². The van der Waals surface area contributed by atoms with E-state index in [4.69, 9.17) is 26.6 Å². The van der Waals surface area contributed by atoms with Crippen LogP contribution in [0.3, 0.4) is 0 Å². The Morgan fingerprint density at radius 1 is 0.477 bits per heavy atom. The summed E-state index contributed by atoms with van der Waals surface area (Å²) in [7, 11) is 0. The zero-order chi connectivity index (χ0) is 29.5. The molecule has 0 aliphatic heterocycles. The number of nitrogens with zero attached hydrogens (tertiary/aromatic N) is 5. The number of hydrogen-bond acceptors (Lipinski definition) is 4. The largest absolute Gasteiger partial charge is 0.308 e. The third-order valence-corrected chi connectivity index (χ3v) is 8.01. The average Bonchev–Trinajstić information content (AvgIpc) is 3.43. The summed E-state index contributed by atoms with van der Waals surface area (Å²) in [5, 5.41) is 2.76. The Morgan fingerprint density at radius 2 is 1.05 bits per heavy atom. The maximum absolute atomic E-state index is 6.51. The molecule has 8 aromatic rings. The van der Waals surface area contributed by atoms with E-state index in [0.717, 1.165) is 55.3 Å². The molecule has 0 aliphatic carbocycles. The van der Waals surface area contributed by atoms with Gasteiger partial charge in [0.1, 0.15) is 0 Å². The van der Waals surface area contributed by atoms with Crippen LogP contribution < -0.4 is 0 Å². The predicted molar refractivity (Wildman–Crippen MR) is 179 cm³/mol. The number of hydrogen-bond donors (Lipinski definition) is 0. The van der Waals surface area contributed by atoms with Crippen LogP contribution in [0.15, 0.2) is 146 Å². The van der Waals surface area contributed by atoms with Crippen LogP contribution in [0, 0.1) is 0 Å². The fourth-order valence-electron chi connectivity index (χ4n) is 5.75. The van der Waals surface area contributed by atoms with E-state index in [1.54, 1.807) is 0 Å². The summed E-state index contributed by atoms with van der Waals surface area (Å²) in [5.74, 6) is 1.86. The van der Waals surface area contributed by atoms with Crippen molar-refractivity contribution >= 4 is 33.4 Å². The van der Waals surface area contributed by atoms with Gasteiger partial charge in [0.05, 0.1) is 11.0 Å². The summed E-state index contributed by atoms with van der Waals surface area (Å²) >= 11 is 6.51. The summed E-state index contributed by atoms with van der Waals surface area (Å²) in [6, 6.07) is 44.8. The Kier molecular flexibility index (Phi) is 6.43. The molecule has 0 amide bonds. The van der Waals surface area contributed by atoms with Crippen molar-refractivity contribution in [3.63, 3.8) is 0 Å². The fourth-order valence-corrected chi connectivity index (χ4v) is 5.92. The van der Waals surface area contributed by atoms with Crippen molar-refractivity contribution in [2.45, 2.75) is 0 Å². The van der Waals surface area contributed by atoms with E-state index < -0.39 is 0 Å². The molecule has 0 atom stereocenters. The summed E-state index contributed by atoms with van der Waals surface area (Å²) < 4.78 is 2.28. The van der Waals surface area contributed by atoms with Gasteiger partial charge in [-0.15, -0.1) is 0 Å². The van der Waals surface area contributed by atoms with E-state index in [9.17, 15) is 0 Å². The molecule has 0 fully saturated rings. The number of fused-ring (bicyclic) bond motifs is 3. The second-order valence-electron chi connectivity index (χ2n) is 10.5. The van der Waals surface area contributed by atoms with Crippen molar-refractivity contribution in [2.24, 2.45) is 0 Å². The topological polar surface area (TPSA) is 56.5 Å². The third-order valence-electron chi connectivity index (χ3n) is 7.78. The van der Waals surface area contributed by atoms with Gasteiger partial charge in [-0.3, -0.25) is 4.98 Å². The van der Waals surface area contributed by atoms with Crippen LogP contribution in [-0.4, -0.2) is 24.5 Å². The second-order valence-corrected chi connectivity index (χ2v) is 11.0. The van der Waals surface area contributed by atoms with Gasteiger partial charge in [-0.05, 0) is 35.9 Å². The van der Waals surface area contributed by atoms with Crippen LogP contribution in [0.25, 0.3) is 72.8 Å². The highest BCUT2D eigenvalue weighted by Gasteiger charge is 2.19. The molecule has 3 heterocycles. The summed E-state index contributed by atoms with van der Waals surface area (Å²) in [4.78, 5) is 19.4. The maximum Gasteiger partial charge on any atom is 0.164 e. The molecule has 5 aromatic carbocycles. The van der Waals surface area contributed by atoms with Gasteiger partial charge in [0.25, 0.3) is 0 Å². The van der Waals surface area contributed by atoms with Crippen molar-refractivity contribution in [1.29, 1.82) is 0 Å². The molecular weight excluding hydrogens is 562 g/mol. The Balaban J connectivity index is 1.37. The number of halogens is 1. The first-order valence-corrected chi connectivity index (χ1v) is 14.7. The van der Waals surface area contributed by atoms with Crippen molar-refractivity contribution in [3.05, 3.63) is 151 Å². The molecule has 3 aromatic heterocycles. The fraction of sp³-hybridized carbons (Fsp3) is 0. The lowest BCUT2D eigenvalue weighted by atomic mass is 10.0. The third kappa shape index (κ3) is 4.60. The van der Waals surface area contributed by atoms with Crippen molar-refractivity contribution in [2.75, 3.05) is 0 Å². The highest BCUT2D eigenvalue weighted by Crippen LogP contribution is 2.39. The number of pyridine rings is 1. The highest BCUT2D eigenvalue weighted by atomic mass is 35.5. The number of rotatable bonds is 5. The first-order chi connectivity index (χ1) is 21.7. The average molecular weight is 586 g/mol. The van der Waals surface area contributed by atoms with E-state index in [-0.39, 0.29) is 0 Å². The Morgan fingerprint density at radius 3 is 1.68 bits per heavy atom. The molecule has 5 nitrogen and oxygen atoms in total. The van der Waals surface area contributed by atoms with Crippen LogP contribution in [0.2, 0.25) is 5.02 Å². The van der Waals surface area contributed by atoms with Gasteiger partial charge in [0, 0.05) is 56.1 Å². The number of benzene rings is 5. The number of aromatic nitrogens is 5. The molecule has 0 unspecified atom stereocenters. The summed E-state index contributed by atoms with van der Waals surface area (Å²) in [5.41, 5.74) is 7.97. The molecule has 0 N–H and O–H groups in total. The van der Waals surface area contributed by atoms with Crippen LogP contribution in [0.5, 0.6) is 0 Å². The van der Waals surface area contributed by atoms with Crippen molar-refractivity contribution < 1.29 is 0 Å². The van der Waals surface area contributed by atoms with E-state index in [1.165, 1.54) is 0 Å². The van der Waals surface area contributed by atoms with Gasteiger partial charge in [0.15, 0.2) is 17.5 Å². The van der Waals surface area contributed by atoms with E-state index in [2.05, 4.69) is 45.9 Å². The maximum atomic E-state index is 6.51. The molecular formula is C38H24ClN5. The van der Waals surface area contributed by atoms with Gasteiger partial charge in [-0.1, -0.05) is 115 Å². The molecule has 8 rings (SSSR count). The minimum absolute atomic E-state index is 0.605. The molecule has 6 heteroatoms. The minimum Gasteiger partial charge on any atom is -0.308 e. The van der Waals surface area contributed by atoms with Crippen LogP contribution in [-0.2, 0) is 0 Å². The Hall–Kier alpha value is -5.65. The van der Waals surface area contributed by atoms with Gasteiger partial charge in [0.2, 0.25) is 0 Å². The van der Waals surface area contributed by atoms with E-state index in [0.29, 0.717) is 22.5 Å². The molecule has 0 aliphatic rings. The lowest BCUT2D eigenvalue weighted by Gasteiger charge is -2.13. The summed E-state index contributed by atoms with van der Waals surface area (Å²) in [6.45, 7) is 0. The lowest BCUT2D eigenvalue weighted by molar-refractivity contribution is 1.07. The first kappa shape index (κ1) is 26.0. The SMILES string of the molecule is Clc1ccc2c(c1)c1cncc(-c3ccccc3)c1n2-c1cccc(-c2nc(-c3ccccc3)nc(-c3ccccc3)n2)c1. The first-order valence-electron chi connectivity index (χ1n) is 14.3. The molecule has 0 saturated carbocycles. The Bertz CT molecular complexity index is 2220. The smallest absolute Gasteiger partial charge is 0.164 e. The van der Waals surface area contributed by atoms with Crippen LogP contribution in [0.1, 0.15) is 0 Å². The normalized spacial score (nSPS) is 11.3. The molecule has 0 spiro atoms. The molecule has 0 radical (unpaired) electrons. The zero-order valence-electron chi connectivity index (χ0n) is 23.5. The van der Waals surface area contributed by atoms with Gasteiger partial charge in [-0.25, -0.2) is 15.0 Å². The van der Waals surface area contributed by atoms with Crippen LogP contribution in [0.4, 0.5) is 0 Å². The predicted octanol–water partition coefficient (Wildman–Crippen LogP) is 9.69. The highest BCUT2D eigenvalue weighted by molar-refractivity contribution is 6.32.